The Morgan fingerprint density at radius 2 is 1.76 bits per heavy atom. The molecular weight excluding hydrogens is 236 g/mol. The molecule has 0 bridgehead atoms. The van der Waals surface area contributed by atoms with Crippen molar-refractivity contribution in [2.45, 2.75) is 51.9 Å². The summed E-state index contributed by atoms with van der Waals surface area (Å²) in [5, 5.41) is 0. The third kappa shape index (κ3) is 5.44. The molecule has 17 heavy (non-hydrogen) atoms. The van der Waals surface area contributed by atoms with Crippen molar-refractivity contribution in [3.05, 3.63) is 0 Å². The lowest BCUT2D eigenvalue weighted by molar-refractivity contribution is 0.0265. The summed E-state index contributed by atoms with van der Waals surface area (Å²) in [4.78, 5) is 13.3. The van der Waals surface area contributed by atoms with E-state index in [0.29, 0.717) is 13.1 Å². The van der Waals surface area contributed by atoms with Crippen LogP contribution in [0.2, 0.25) is 0 Å². The maximum absolute atomic E-state index is 11.6. The Morgan fingerprint density at radius 3 is 2.18 bits per heavy atom. The number of hydrogen-bond acceptors (Lipinski definition) is 4. The fraction of sp³-hybridized carbons (Fsp3) is 0.833. The maximum Gasteiger partial charge on any atom is 0.410 e. The molecule has 1 amide bonds. The smallest absolute Gasteiger partial charge is 0.410 e. The molecule has 0 unspecified atom stereocenters. The standard InChI is InChI=1S/C12H22N2O2S/c1-11(2,3)16-10(15)14-7-9(8-14)13-17-12(4,5)6/h7-8H2,1-6H3. The number of carbonyl (C=O) groups excluding carboxylic acids is 1. The maximum atomic E-state index is 11.6. The molecule has 0 N–H and O–H groups in total. The summed E-state index contributed by atoms with van der Waals surface area (Å²) < 4.78 is 9.80. The van der Waals surface area contributed by atoms with Gasteiger partial charge in [0, 0.05) is 4.75 Å². The molecule has 5 heteroatoms. The Hall–Kier alpha value is -0.710. The SMILES string of the molecule is CC(C)(C)OC(=O)N1CC(=NSC(C)(C)C)C1. The van der Waals surface area contributed by atoms with Crippen LogP contribution >= 0.6 is 11.9 Å². The molecule has 4 nitrogen and oxygen atoms in total. The van der Waals surface area contributed by atoms with E-state index >= 15 is 0 Å². The van der Waals surface area contributed by atoms with Crippen molar-refractivity contribution in [2.24, 2.45) is 4.40 Å². The predicted octanol–water partition coefficient (Wildman–Crippen LogP) is 3.12. The largest absolute Gasteiger partial charge is 0.444 e. The first-order valence-electron chi connectivity index (χ1n) is 5.79. The molecule has 1 aliphatic heterocycles. The second kappa shape index (κ2) is 4.88. The monoisotopic (exact) mass is 258 g/mol. The van der Waals surface area contributed by atoms with Crippen LogP contribution in [-0.4, -0.2) is 40.1 Å². The summed E-state index contributed by atoms with van der Waals surface area (Å²) in [6.45, 7) is 13.2. The van der Waals surface area contributed by atoms with E-state index in [4.69, 9.17) is 4.74 Å². The lowest BCUT2D eigenvalue weighted by Crippen LogP contribution is -2.52. The van der Waals surface area contributed by atoms with Crippen LogP contribution in [0, 0.1) is 0 Å². The fourth-order valence-electron chi connectivity index (χ4n) is 1.11. The molecule has 1 fully saturated rings. The van der Waals surface area contributed by atoms with E-state index in [9.17, 15) is 4.79 Å². The van der Waals surface area contributed by atoms with Crippen molar-refractivity contribution in [1.29, 1.82) is 0 Å². The summed E-state index contributed by atoms with van der Waals surface area (Å²) in [7, 11) is 0. The first kappa shape index (κ1) is 14.4. The van der Waals surface area contributed by atoms with Crippen molar-refractivity contribution < 1.29 is 9.53 Å². The van der Waals surface area contributed by atoms with Gasteiger partial charge in [-0.3, -0.25) is 4.90 Å². The van der Waals surface area contributed by atoms with Gasteiger partial charge in [-0.2, -0.15) is 0 Å². The van der Waals surface area contributed by atoms with E-state index in [0.717, 1.165) is 5.71 Å². The number of ether oxygens (including phenoxy) is 1. The van der Waals surface area contributed by atoms with Crippen molar-refractivity contribution in [1.82, 2.24) is 4.90 Å². The highest BCUT2D eigenvalue weighted by molar-refractivity contribution is 7.99. The predicted molar refractivity (Wildman–Crippen MR) is 72.6 cm³/mol. The van der Waals surface area contributed by atoms with E-state index in [1.165, 1.54) is 0 Å². The minimum absolute atomic E-state index is 0.124. The average Bonchev–Trinajstić information content (AvgIpc) is 1.94. The Labute approximate surface area is 108 Å². The van der Waals surface area contributed by atoms with E-state index < -0.39 is 5.60 Å². The van der Waals surface area contributed by atoms with Crippen LogP contribution in [0.15, 0.2) is 4.40 Å². The molecule has 0 saturated carbocycles. The molecular formula is C12H22N2O2S. The molecule has 0 radical (unpaired) electrons. The molecule has 1 saturated heterocycles. The molecule has 0 spiro atoms. The third-order valence-electron chi connectivity index (χ3n) is 1.85. The topological polar surface area (TPSA) is 41.9 Å². The first-order valence-corrected chi connectivity index (χ1v) is 6.56. The van der Waals surface area contributed by atoms with Gasteiger partial charge in [0.25, 0.3) is 0 Å². The van der Waals surface area contributed by atoms with E-state index in [1.807, 2.05) is 20.8 Å². The normalized spacial score (nSPS) is 16.6. The van der Waals surface area contributed by atoms with Gasteiger partial charge in [-0.15, -0.1) is 0 Å². The molecule has 0 aromatic rings. The van der Waals surface area contributed by atoms with E-state index in [-0.39, 0.29) is 10.8 Å². The van der Waals surface area contributed by atoms with Crippen LogP contribution in [0.3, 0.4) is 0 Å². The summed E-state index contributed by atoms with van der Waals surface area (Å²) >= 11 is 1.55. The average molecular weight is 258 g/mol. The summed E-state index contributed by atoms with van der Waals surface area (Å²) in [6, 6.07) is 0. The number of carbonyl (C=O) groups is 1. The lowest BCUT2D eigenvalue weighted by Gasteiger charge is -2.34. The van der Waals surface area contributed by atoms with Gasteiger partial charge in [-0.05, 0) is 53.5 Å². The molecule has 98 valence electrons. The summed E-state index contributed by atoms with van der Waals surface area (Å²) in [6.07, 6.45) is -0.253. The van der Waals surface area contributed by atoms with Crippen LogP contribution in [0.5, 0.6) is 0 Å². The van der Waals surface area contributed by atoms with Crippen molar-refractivity contribution in [3.63, 3.8) is 0 Å². The molecule has 0 aromatic heterocycles. The Bertz CT molecular complexity index is 318. The molecule has 0 aliphatic carbocycles. The first-order chi connectivity index (χ1) is 7.57. The van der Waals surface area contributed by atoms with Crippen LogP contribution in [0.25, 0.3) is 0 Å². The minimum Gasteiger partial charge on any atom is -0.444 e. The highest BCUT2D eigenvalue weighted by Gasteiger charge is 2.31. The zero-order valence-electron chi connectivity index (χ0n) is 11.5. The summed E-state index contributed by atoms with van der Waals surface area (Å²) in [5.74, 6) is 0. The fourth-order valence-corrected chi connectivity index (χ4v) is 1.63. The lowest BCUT2D eigenvalue weighted by atomic mass is 10.2. The van der Waals surface area contributed by atoms with Gasteiger partial charge in [0.2, 0.25) is 0 Å². The van der Waals surface area contributed by atoms with Crippen molar-refractivity contribution in [2.75, 3.05) is 13.1 Å². The van der Waals surface area contributed by atoms with Gasteiger partial charge in [0.15, 0.2) is 0 Å². The van der Waals surface area contributed by atoms with Crippen molar-refractivity contribution >= 4 is 23.8 Å². The highest BCUT2D eigenvalue weighted by atomic mass is 32.2. The number of amides is 1. The quantitative estimate of drug-likeness (QED) is 0.679. The molecule has 1 aliphatic rings. The third-order valence-corrected chi connectivity index (χ3v) is 2.74. The van der Waals surface area contributed by atoms with Gasteiger partial charge < -0.3 is 4.74 Å². The minimum atomic E-state index is -0.426. The van der Waals surface area contributed by atoms with E-state index in [1.54, 1.807) is 16.8 Å². The van der Waals surface area contributed by atoms with Crippen LogP contribution in [0.4, 0.5) is 4.79 Å². The second-order valence-electron chi connectivity index (χ2n) is 6.20. The van der Waals surface area contributed by atoms with Crippen LogP contribution in [0.1, 0.15) is 41.5 Å². The summed E-state index contributed by atoms with van der Waals surface area (Å²) in [5.41, 5.74) is 0.625. The Balaban J connectivity index is 2.34. The van der Waals surface area contributed by atoms with E-state index in [2.05, 4.69) is 25.2 Å². The number of rotatable bonds is 1. The van der Waals surface area contributed by atoms with Gasteiger partial charge in [-0.25, -0.2) is 9.19 Å². The van der Waals surface area contributed by atoms with Crippen molar-refractivity contribution in [3.8, 4) is 0 Å². The number of nitrogens with zero attached hydrogens (tertiary/aromatic N) is 2. The van der Waals surface area contributed by atoms with Gasteiger partial charge in [0.1, 0.15) is 5.60 Å². The molecule has 1 rings (SSSR count). The van der Waals surface area contributed by atoms with Gasteiger partial charge in [0.05, 0.1) is 18.8 Å². The molecule has 0 atom stereocenters. The van der Waals surface area contributed by atoms with Crippen LogP contribution in [-0.2, 0) is 4.74 Å². The Kier molecular flexibility index (Phi) is 4.12. The zero-order valence-corrected chi connectivity index (χ0v) is 12.3. The van der Waals surface area contributed by atoms with Crippen LogP contribution < -0.4 is 0 Å². The molecule has 1 heterocycles. The second-order valence-corrected chi connectivity index (χ2v) is 7.79. The zero-order chi connectivity index (χ0) is 13.3. The Morgan fingerprint density at radius 1 is 1.24 bits per heavy atom. The number of likely N-dealkylation sites (tertiary alicyclic amines) is 1. The van der Waals surface area contributed by atoms with Gasteiger partial charge >= 0.3 is 6.09 Å². The number of hydrogen-bond donors (Lipinski definition) is 0. The highest BCUT2D eigenvalue weighted by Crippen LogP contribution is 2.25. The van der Waals surface area contributed by atoms with Gasteiger partial charge in [-0.1, -0.05) is 0 Å². The molecule has 0 aromatic carbocycles.